The lowest BCUT2D eigenvalue weighted by atomic mass is 10.1. The Labute approximate surface area is 162 Å². The SMILES string of the molecule is CCN(CC)c1ccc(NC(=O)c2ccnc(NCCC(C)C)n2)c(C)c1. The molecule has 2 N–H and O–H groups in total. The minimum Gasteiger partial charge on any atom is -0.372 e. The van der Waals surface area contributed by atoms with E-state index in [4.69, 9.17) is 0 Å². The largest absolute Gasteiger partial charge is 0.372 e. The van der Waals surface area contributed by atoms with Gasteiger partial charge in [0.05, 0.1) is 0 Å². The lowest BCUT2D eigenvalue weighted by Gasteiger charge is -2.22. The first kappa shape index (κ1) is 20.7. The predicted molar refractivity (Wildman–Crippen MR) is 113 cm³/mol. The van der Waals surface area contributed by atoms with Crippen LogP contribution in [-0.4, -0.2) is 35.5 Å². The van der Waals surface area contributed by atoms with Crippen LogP contribution in [0.3, 0.4) is 0 Å². The number of aryl methyl sites for hydroxylation is 1. The van der Waals surface area contributed by atoms with Crippen molar-refractivity contribution in [3.05, 3.63) is 41.7 Å². The number of benzene rings is 1. The Hall–Kier alpha value is -2.63. The van der Waals surface area contributed by atoms with Gasteiger partial charge in [0.25, 0.3) is 5.91 Å². The zero-order valence-electron chi connectivity index (χ0n) is 17.0. The van der Waals surface area contributed by atoms with Gasteiger partial charge in [-0.1, -0.05) is 13.8 Å². The molecule has 27 heavy (non-hydrogen) atoms. The Balaban J connectivity index is 2.06. The Morgan fingerprint density at radius 3 is 2.56 bits per heavy atom. The molecule has 0 radical (unpaired) electrons. The number of aromatic nitrogens is 2. The van der Waals surface area contributed by atoms with E-state index in [-0.39, 0.29) is 5.91 Å². The molecule has 6 heteroatoms. The van der Waals surface area contributed by atoms with Crippen LogP contribution in [0.15, 0.2) is 30.5 Å². The Bertz CT molecular complexity index is 756. The van der Waals surface area contributed by atoms with Crippen LogP contribution in [0, 0.1) is 12.8 Å². The molecule has 0 saturated heterocycles. The van der Waals surface area contributed by atoms with E-state index in [0.717, 1.165) is 43.0 Å². The van der Waals surface area contributed by atoms with Gasteiger partial charge >= 0.3 is 0 Å². The molecule has 0 aliphatic rings. The third kappa shape index (κ3) is 5.94. The second-order valence-electron chi connectivity index (χ2n) is 7.00. The van der Waals surface area contributed by atoms with Gasteiger partial charge in [0.15, 0.2) is 0 Å². The van der Waals surface area contributed by atoms with Crippen molar-refractivity contribution in [2.24, 2.45) is 5.92 Å². The predicted octanol–water partition coefficient (Wildman–Crippen LogP) is 4.34. The standard InChI is InChI=1S/C21H31N5O/c1-6-26(7-2)17-8-9-18(16(5)14-17)24-20(27)19-11-13-23-21(25-19)22-12-10-15(3)4/h8-9,11,13-15H,6-7,10,12H2,1-5H3,(H,24,27)(H,22,23,25). The molecule has 0 atom stereocenters. The number of nitrogens with one attached hydrogen (secondary N) is 2. The molecule has 0 aliphatic carbocycles. The normalized spacial score (nSPS) is 10.7. The summed E-state index contributed by atoms with van der Waals surface area (Å²) in [6, 6.07) is 7.71. The van der Waals surface area contributed by atoms with Crippen molar-refractivity contribution in [2.75, 3.05) is 35.2 Å². The minimum absolute atomic E-state index is 0.233. The molecule has 1 heterocycles. The summed E-state index contributed by atoms with van der Waals surface area (Å²) in [5.74, 6) is 0.853. The number of nitrogens with zero attached hydrogens (tertiary/aromatic N) is 3. The van der Waals surface area contributed by atoms with E-state index in [9.17, 15) is 4.79 Å². The van der Waals surface area contributed by atoms with Crippen molar-refractivity contribution in [3.8, 4) is 0 Å². The summed E-state index contributed by atoms with van der Waals surface area (Å²) in [6.07, 6.45) is 2.63. The number of hydrogen-bond donors (Lipinski definition) is 2. The second-order valence-corrected chi connectivity index (χ2v) is 7.00. The first-order valence-corrected chi connectivity index (χ1v) is 9.68. The molecule has 2 rings (SSSR count). The van der Waals surface area contributed by atoms with E-state index in [1.807, 2.05) is 19.1 Å². The number of carbonyl (C=O) groups excluding carboxylic acids is 1. The average molecular weight is 370 g/mol. The first-order valence-electron chi connectivity index (χ1n) is 9.68. The van der Waals surface area contributed by atoms with Crippen molar-refractivity contribution in [1.82, 2.24) is 9.97 Å². The van der Waals surface area contributed by atoms with Gasteiger partial charge in [0, 0.05) is 37.2 Å². The van der Waals surface area contributed by atoms with Gasteiger partial charge in [-0.25, -0.2) is 9.97 Å². The fourth-order valence-electron chi connectivity index (χ4n) is 2.80. The third-order valence-corrected chi connectivity index (χ3v) is 4.48. The molecule has 0 unspecified atom stereocenters. The molecule has 146 valence electrons. The Morgan fingerprint density at radius 1 is 1.19 bits per heavy atom. The number of carbonyl (C=O) groups is 1. The molecule has 0 saturated carbocycles. The average Bonchev–Trinajstić information content (AvgIpc) is 2.64. The van der Waals surface area contributed by atoms with E-state index >= 15 is 0 Å². The van der Waals surface area contributed by atoms with Crippen molar-refractivity contribution in [3.63, 3.8) is 0 Å². The first-order chi connectivity index (χ1) is 12.9. The fourth-order valence-corrected chi connectivity index (χ4v) is 2.80. The zero-order valence-corrected chi connectivity index (χ0v) is 17.0. The molecule has 2 aromatic rings. The lowest BCUT2D eigenvalue weighted by molar-refractivity contribution is 0.102. The van der Waals surface area contributed by atoms with E-state index in [2.05, 4.69) is 59.3 Å². The number of rotatable bonds is 9. The van der Waals surface area contributed by atoms with Crippen LogP contribution in [0.2, 0.25) is 0 Å². The highest BCUT2D eigenvalue weighted by atomic mass is 16.1. The molecule has 1 amide bonds. The fraction of sp³-hybridized carbons (Fsp3) is 0.476. The van der Waals surface area contributed by atoms with Gasteiger partial charge in [-0.15, -0.1) is 0 Å². The molecular formula is C21H31N5O. The van der Waals surface area contributed by atoms with Crippen LogP contribution < -0.4 is 15.5 Å². The molecule has 0 aliphatic heterocycles. The molecule has 0 spiro atoms. The highest BCUT2D eigenvalue weighted by Crippen LogP contribution is 2.23. The van der Waals surface area contributed by atoms with Crippen LogP contribution in [-0.2, 0) is 0 Å². The van der Waals surface area contributed by atoms with Crippen LogP contribution in [0.1, 0.15) is 50.2 Å². The molecule has 6 nitrogen and oxygen atoms in total. The summed E-state index contributed by atoms with van der Waals surface area (Å²) in [5.41, 5.74) is 3.33. The lowest BCUT2D eigenvalue weighted by Crippen LogP contribution is -2.22. The maximum Gasteiger partial charge on any atom is 0.274 e. The highest BCUT2D eigenvalue weighted by molar-refractivity contribution is 6.03. The highest BCUT2D eigenvalue weighted by Gasteiger charge is 2.12. The van der Waals surface area contributed by atoms with Crippen LogP contribution in [0.5, 0.6) is 0 Å². The van der Waals surface area contributed by atoms with Crippen molar-refractivity contribution < 1.29 is 4.79 Å². The summed E-state index contributed by atoms with van der Waals surface area (Å²) in [5, 5.41) is 6.13. The molecule has 1 aromatic carbocycles. The van der Waals surface area contributed by atoms with E-state index in [1.54, 1.807) is 12.3 Å². The van der Waals surface area contributed by atoms with Gasteiger partial charge < -0.3 is 15.5 Å². The quantitative estimate of drug-likeness (QED) is 0.688. The van der Waals surface area contributed by atoms with Crippen molar-refractivity contribution in [2.45, 2.75) is 41.0 Å². The minimum atomic E-state index is -0.233. The number of anilines is 3. The summed E-state index contributed by atoms with van der Waals surface area (Å²) < 4.78 is 0. The van der Waals surface area contributed by atoms with Gasteiger partial charge in [-0.2, -0.15) is 0 Å². The van der Waals surface area contributed by atoms with Gasteiger partial charge in [0.2, 0.25) is 5.95 Å². The Morgan fingerprint density at radius 2 is 1.93 bits per heavy atom. The summed E-state index contributed by atoms with van der Waals surface area (Å²) >= 11 is 0. The third-order valence-electron chi connectivity index (χ3n) is 4.48. The van der Waals surface area contributed by atoms with E-state index in [1.165, 1.54) is 0 Å². The smallest absolute Gasteiger partial charge is 0.274 e. The maximum atomic E-state index is 12.6. The van der Waals surface area contributed by atoms with Crippen LogP contribution in [0.4, 0.5) is 17.3 Å². The van der Waals surface area contributed by atoms with Gasteiger partial charge in [0.1, 0.15) is 5.69 Å². The summed E-state index contributed by atoms with van der Waals surface area (Å²) in [7, 11) is 0. The molecular weight excluding hydrogens is 338 g/mol. The van der Waals surface area contributed by atoms with Gasteiger partial charge in [-0.3, -0.25) is 4.79 Å². The molecule has 1 aromatic heterocycles. The van der Waals surface area contributed by atoms with E-state index in [0.29, 0.717) is 17.6 Å². The monoisotopic (exact) mass is 369 g/mol. The zero-order chi connectivity index (χ0) is 19.8. The summed E-state index contributed by atoms with van der Waals surface area (Å²) in [4.78, 5) is 23.4. The summed E-state index contributed by atoms with van der Waals surface area (Å²) in [6.45, 7) is 13.3. The molecule has 0 bridgehead atoms. The second kappa shape index (κ2) is 9.90. The van der Waals surface area contributed by atoms with E-state index < -0.39 is 0 Å². The van der Waals surface area contributed by atoms with Crippen molar-refractivity contribution >= 4 is 23.2 Å². The topological polar surface area (TPSA) is 70.2 Å². The Kier molecular flexibility index (Phi) is 7.58. The number of amides is 1. The maximum absolute atomic E-state index is 12.6. The van der Waals surface area contributed by atoms with Gasteiger partial charge in [-0.05, 0) is 62.9 Å². The van der Waals surface area contributed by atoms with Crippen molar-refractivity contribution in [1.29, 1.82) is 0 Å². The number of hydrogen-bond acceptors (Lipinski definition) is 5. The molecule has 0 fully saturated rings. The van der Waals surface area contributed by atoms with Crippen LogP contribution >= 0.6 is 0 Å². The van der Waals surface area contributed by atoms with Crippen LogP contribution in [0.25, 0.3) is 0 Å².